The van der Waals surface area contributed by atoms with Crippen LogP contribution in [0.3, 0.4) is 0 Å². The quantitative estimate of drug-likeness (QED) is 0.802. The van der Waals surface area contributed by atoms with Gasteiger partial charge < -0.3 is 19.7 Å². The maximum Gasteiger partial charge on any atom is 0.257 e. The minimum Gasteiger partial charge on any atom is -0.453 e. The Kier molecular flexibility index (Phi) is 6.15. The molecule has 136 valence electrons. The molecule has 0 radical (unpaired) electrons. The average Bonchev–Trinajstić information content (AvgIpc) is 3.23. The number of hydrogen-bond donors (Lipinski definition) is 2. The van der Waals surface area contributed by atoms with Gasteiger partial charge in [-0.25, -0.2) is 4.39 Å². The number of aliphatic hydroxyl groups is 1. The zero-order chi connectivity index (χ0) is 18.6. The third-order valence-corrected chi connectivity index (χ3v) is 4.50. The second-order valence-electron chi connectivity index (χ2n) is 6.27. The Bertz CT molecular complexity index is 669. The fraction of sp³-hybridized carbons (Fsp3) is 0.588. The molecule has 0 bridgehead atoms. The molecule has 1 aliphatic rings. The van der Waals surface area contributed by atoms with Crippen LogP contribution in [0.4, 0.5) is 4.39 Å². The maximum absolute atomic E-state index is 13.8. The number of hydrogen-bond acceptors (Lipinski definition) is 5. The van der Waals surface area contributed by atoms with Gasteiger partial charge in [0.05, 0.1) is 30.2 Å². The van der Waals surface area contributed by atoms with E-state index in [2.05, 4.69) is 5.32 Å². The van der Waals surface area contributed by atoms with Crippen LogP contribution in [0, 0.1) is 17.2 Å². The van der Waals surface area contributed by atoms with Crippen molar-refractivity contribution in [2.75, 3.05) is 13.1 Å². The number of carbonyl (C=O) groups is 2. The molecule has 1 aliphatic heterocycles. The number of furan rings is 1. The highest BCUT2D eigenvalue weighted by atomic mass is 19.1. The number of nitriles is 1. The van der Waals surface area contributed by atoms with Crippen LogP contribution in [0.2, 0.25) is 0 Å². The number of aliphatic hydroxyl groups excluding tert-OH is 1. The number of amides is 2. The predicted octanol–water partition coefficient (Wildman–Crippen LogP) is 1.23. The van der Waals surface area contributed by atoms with E-state index in [1.807, 2.05) is 0 Å². The number of alkyl halides is 1. The van der Waals surface area contributed by atoms with Crippen LogP contribution in [0.1, 0.15) is 42.8 Å². The molecule has 0 saturated carbocycles. The molecule has 2 amide bonds. The van der Waals surface area contributed by atoms with E-state index in [4.69, 9.17) is 9.68 Å². The van der Waals surface area contributed by atoms with Crippen molar-refractivity contribution >= 4 is 11.8 Å². The second kappa shape index (κ2) is 8.12. The summed E-state index contributed by atoms with van der Waals surface area (Å²) >= 11 is 0. The SMILES string of the molecule is CCC(O)C(C)C(=O)NC[C@@H]1C[C@H](F)CN1C(=O)c1coc(C#N)c1. The molecule has 1 aromatic heterocycles. The van der Waals surface area contributed by atoms with Gasteiger partial charge in [0.1, 0.15) is 18.5 Å². The fourth-order valence-electron chi connectivity index (χ4n) is 2.88. The van der Waals surface area contributed by atoms with Crippen LogP contribution in [-0.2, 0) is 4.79 Å². The van der Waals surface area contributed by atoms with E-state index in [1.54, 1.807) is 19.9 Å². The first-order valence-corrected chi connectivity index (χ1v) is 8.26. The summed E-state index contributed by atoms with van der Waals surface area (Å²) in [6.07, 6.45) is -0.171. The van der Waals surface area contributed by atoms with Crippen molar-refractivity contribution in [3.63, 3.8) is 0 Å². The number of halogens is 1. The molecule has 25 heavy (non-hydrogen) atoms. The molecule has 1 saturated heterocycles. The van der Waals surface area contributed by atoms with Gasteiger partial charge in [0.2, 0.25) is 11.7 Å². The molecule has 1 fully saturated rings. The highest BCUT2D eigenvalue weighted by Gasteiger charge is 2.36. The summed E-state index contributed by atoms with van der Waals surface area (Å²) in [5, 5.41) is 21.2. The maximum atomic E-state index is 13.8. The van der Waals surface area contributed by atoms with Crippen molar-refractivity contribution in [2.45, 2.75) is 45.0 Å². The lowest BCUT2D eigenvalue weighted by Gasteiger charge is -2.25. The average molecular weight is 351 g/mol. The van der Waals surface area contributed by atoms with E-state index in [9.17, 15) is 19.1 Å². The van der Waals surface area contributed by atoms with E-state index in [1.165, 1.54) is 17.2 Å². The normalized spacial score (nSPS) is 22.3. The van der Waals surface area contributed by atoms with Gasteiger partial charge in [-0.3, -0.25) is 9.59 Å². The Balaban J connectivity index is 2.00. The number of likely N-dealkylation sites (tertiary alicyclic amines) is 1. The van der Waals surface area contributed by atoms with Crippen molar-refractivity contribution in [1.29, 1.82) is 5.26 Å². The van der Waals surface area contributed by atoms with E-state index in [0.29, 0.717) is 6.42 Å². The number of rotatable bonds is 6. The summed E-state index contributed by atoms with van der Waals surface area (Å²) in [5.41, 5.74) is 0.178. The number of nitrogens with zero attached hydrogens (tertiary/aromatic N) is 2. The van der Waals surface area contributed by atoms with Gasteiger partial charge in [0.15, 0.2) is 0 Å². The molecule has 2 heterocycles. The first-order chi connectivity index (χ1) is 11.9. The van der Waals surface area contributed by atoms with E-state index in [0.717, 1.165) is 0 Å². The van der Waals surface area contributed by atoms with Gasteiger partial charge in [0, 0.05) is 19.0 Å². The smallest absolute Gasteiger partial charge is 0.257 e. The molecule has 2 unspecified atom stereocenters. The molecule has 8 heteroatoms. The molecule has 0 aromatic carbocycles. The van der Waals surface area contributed by atoms with Gasteiger partial charge >= 0.3 is 0 Å². The summed E-state index contributed by atoms with van der Waals surface area (Å²) in [5.74, 6) is -1.35. The van der Waals surface area contributed by atoms with Crippen LogP contribution in [-0.4, -0.2) is 53.2 Å². The number of nitrogens with one attached hydrogen (secondary N) is 1. The zero-order valence-electron chi connectivity index (χ0n) is 14.2. The van der Waals surface area contributed by atoms with Gasteiger partial charge in [0.25, 0.3) is 5.91 Å². The summed E-state index contributed by atoms with van der Waals surface area (Å²) in [6, 6.07) is 2.61. The molecule has 1 aromatic rings. The Morgan fingerprint density at radius 3 is 2.92 bits per heavy atom. The molecule has 4 atom stereocenters. The molecular weight excluding hydrogens is 329 g/mol. The fourth-order valence-corrected chi connectivity index (χ4v) is 2.88. The van der Waals surface area contributed by atoms with Crippen molar-refractivity contribution < 1.29 is 23.5 Å². The van der Waals surface area contributed by atoms with Crippen LogP contribution < -0.4 is 5.32 Å². The van der Waals surface area contributed by atoms with Crippen LogP contribution in [0.5, 0.6) is 0 Å². The predicted molar refractivity (Wildman–Crippen MR) is 86.2 cm³/mol. The van der Waals surface area contributed by atoms with Gasteiger partial charge in [-0.1, -0.05) is 13.8 Å². The lowest BCUT2D eigenvalue weighted by Crippen LogP contribution is -2.45. The highest BCUT2D eigenvalue weighted by Crippen LogP contribution is 2.23. The topological polar surface area (TPSA) is 107 Å². The minimum absolute atomic E-state index is 0.00609. The largest absolute Gasteiger partial charge is 0.453 e. The molecule has 2 N–H and O–H groups in total. The minimum atomic E-state index is -1.17. The van der Waals surface area contributed by atoms with Crippen molar-refractivity contribution in [2.24, 2.45) is 5.92 Å². The third-order valence-electron chi connectivity index (χ3n) is 4.50. The Morgan fingerprint density at radius 1 is 1.60 bits per heavy atom. The highest BCUT2D eigenvalue weighted by molar-refractivity contribution is 5.94. The van der Waals surface area contributed by atoms with Gasteiger partial charge in [-0.2, -0.15) is 5.26 Å². The molecule has 0 spiro atoms. The summed E-state index contributed by atoms with van der Waals surface area (Å²) in [6.45, 7) is 3.43. The van der Waals surface area contributed by atoms with E-state index < -0.39 is 30.1 Å². The summed E-state index contributed by atoms with van der Waals surface area (Å²) < 4.78 is 18.7. The summed E-state index contributed by atoms with van der Waals surface area (Å²) in [7, 11) is 0. The third kappa shape index (κ3) is 4.37. The molecule has 2 rings (SSSR count). The lowest BCUT2D eigenvalue weighted by atomic mass is 10.0. The van der Waals surface area contributed by atoms with Gasteiger partial charge in [-0.05, 0) is 6.42 Å². The van der Waals surface area contributed by atoms with E-state index >= 15 is 0 Å². The monoisotopic (exact) mass is 351 g/mol. The summed E-state index contributed by atoms with van der Waals surface area (Å²) in [4.78, 5) is 25.9. The van der Waals surface area contributed by atoms with Crippen LogP contribution in [0.25, 0.3) is 0 Å². The Labute approximate surface area is 145 Å². The molecular formula is C17H22FN3O4. The molecule has 0 aliphatic carbocycles. The van der Waals surface area contributed by atoms with Gasteiger partial charge in [-0.15, -0.1) is 0 Å². The lowest BCUT2D eigenvalue weighted by molar-refractivity contribution is -0.128. The van der Waals surface area contributed by atoms with Crippen LogP contribution >= 0.6 is 0 Å². The van der Waals surface area contributed by atoms with Crippen LogP contribution in [0.15, 0.2) is 16.7 Å². The Morgan fingerprint density at radius 2 is 2.32 bits per heavy atom. The standard InChI is InChI=1S/C17H22FN3O4/c1-3-15(22)10(2)16(23)20-7-13-5-12(18)8-21(13)17(24)11-4-14(6-19)25-9-11/h4,9-10,12-13,15,22H,3,5,7-8H2,1-2H3,(H,20,23)/t10?,12-,13-,15?/m0/s1. The molecule has 7 nitrogen and oxygen atoms in total. The van der Waals surface area contributed by atoms with Crippen molar-refractivity contribution in [3.8, 4) is 6.07 Å². The van der Waals surface area contributed by atoms with Crippen molar-refractivity contribution in [1.82, 2.24) is 10.2 Å². The number of carbonyl (C=O) groups excluding carboxylic acids is 2. The Hall–Kier alpha value is -2.40. The van der Waals surface area contributed by atoms with Crippen molar-refractivity contribution in [3.05, 3.63) is 23.7 Å². The zero-order valence-corrected chi connectivity index (χ0v) is 14.2. The first-order valence-electron chi connectivity index (χ1n) is 8.26. The second-order valence-corrected chi connectivity index (χ2v) is 6.27. The first kappa shape index (κ1) is 18.9. The van der Waals surface area contributed by atoms with E-state index in [-0.39, 0.29) is 36.7 Å².